The van der Waals surface area contributed by atoms with Crippen LogP contribution in [0.25, 0.3) is 0 Å². The second-order valence-electron chi connectivity index (χ2n) is 5.73. The van der Waals surface area contributed by atoms with Crippen molar-refractivity contribution in [2.24, 2.45) is 11.8 Å². The molecule has 1 heterocycles. The van der Waals surface area contributed by atoms with Gasteiger partial charge in [-0.15, -0.1) is 0 Å². The van der Waals surface area contributed by atoms with Gasteiger partial charge in [0.05, 0.1) is 24.5 Å². The average Bonchev–Trinajstić information content (AvgIpc) is 3.29. The maximum atomic E-state index is 12.6. The average molecular weight is 329 g/mol. The van der Waals surface area contributed by atoms with Crippen LogP contribution in [0.2, 0.25) is 5.02 Å². The quantitative estimate of drug-likeness (QED) is 0.810. The highest BCUT2D eigenvalue weighted by Crippen LogP contribution is 2.51. The standard InChI is InChI=1S/C18H13ClO4/c1-22-11-6-7-12-13(8-11)23-18-14(15(18)17(12)21)16(20)9-2-4-10(19)5-3-9/h2-8,14-15,18H,1H3/t14-,15-,18-/m0/s1. The Morgan fingerprint density at radius 1 is 1.17 bits per heavy atom. The first-order chi connectivity index (χ1) is 11.1. The molecule has 2 aliphatic rings. The Kier molecular flexibility index (Phi) is 3.16. The smallest absolute Gasteiger partial charge is 0.174 e. The van der Waals surface area contributed by atoms with Crippen molar-refractivity contribution in [3.8, 4) is 11.5 Å². The van der Waals surface area contributed by atoms with Crippen LogP contribution in [0.5, 0.6) is 11.5 Å². The maximum Gasteiger partial charge on any atom is 0.174 e. The highest BCUT2D eigenvalue weighted by Gasteiger charge is 2.63. The number of fused-ring (bicyclic) bond motifs is 2. The van der Waals surface area contributed by atoms with E-state index in [9.17, 15) is 9.59 Å². The minimum atomic E-state index is -0.429. The van der Waals surface area contributed by atoms with Gasteiger partial charge in [0.1, 0.15) is 17.6 Å². The lowest BCUT2D eigenvalue weighted by Crippen LogP contribution is -2.17. The van der Waals surface area contributed by atoms with Gasteiger partial charge in [-0.05, 0) is 36.4 Å². The molecule has 0 unspecified atom stereocenters. The minimum Gasteiger partial charge on any atom is -0.497 e. The Labute approximate surface area is 138 Å². The molecule has 2 aromatic rings. The van der Waals surface area contributed by atoms with Crippen LogP contribution in [-0.2, 0) is 0 Å². The summed E-state index contributed by atoms with van der Waals surface area (Å²) in [7, 11) is 1.55. The SMILES string of the molecule is COc1ccc2c(c1)O[C@H]1[C@H](C(=O)c3ccc(Cl)cc3)[C@H]1C2=O. The molecule has 3 atom stereocenters. The number of carbonyl (C=O) groups excluding carboxylic acids is 2. The van der Waals surface area contributed by atoms with Gasteiger partial charge in [0, 0.05) is 16.7 Å². The van der Waals surface area contributed by atoms with Gasteiger partial charge in [0.2, 0.25) is 0 Å². The van der Waals surface area contributed by atoms with Crippen LogP contribution in [0.15, 0.2) is 42.5 Å². The number of methoxy groups -OCH3 is 1. The molecule has 1 saturated carbocycles. The fraction of sp³-hybridized carbons (Fsp3) is 0.222. The predicted molar refractivity (Wildman–Crippen MR) is 84.5 cm³/mol. The summed E-state index contributed by atoms with van der Waals surface area (Å²) in [6, 6.07) is 11.8. The Morgan fingerprint density at radius 2 is 1.91 bits per heavy atom. The van der Waals surface area contributed by atoms with Crippen molar-refractivity contribution < 1.29 is 19.1 Å². The number of hydrogen-bond acceptors (Lipinski definition) is 4. The van der Waals surface area contributed by atoms with Gasteiger partial charge >= 0.3 is 0 Å². The number of rotatable bonds is 3. The highest BCUT2D eigenvalue weighted by atomic mass is 35.5. The molecule has 0 amide bonds. The summed E-state index contributed by atoms with van der Waals surface area (Å²) < 4.78 is 11.0. The largest absolute Gasteiger partial charge is 0.497 e. The molecule has 4 nitrogen and oxygen atoms in total. The Hall–Kier alpha value is -2.33. The molecule has 1 aliphatic heterocycles. The maximum absolute atomic E-state index is 12.6. The van der Waals surface area contributed by atoms with Gasteiger partial charge in [-0.1, -0.05) is 11.6 Å². The monoisotopic (exact) mass is 328 g/mol. The summed E-state index contributed by atoms with van der Waals surface area (Å²) >= 11 is 5.84. The Bertz CT molecular complexity index is 812. The van der Waals surface area contributed by atoms with Crippen molar-refractivity contribution >= 4 is 23.2 Å². The van der Waals surface area contributed by atoms with Crippen LogP contribution < -0.4 is 9.47 Å². The highest BCUT2D eigenvalue weighted by molar-refractivity contribution is 6.30. The first-order valence-electron chi connectivity index (χ1n) is 7.29. The van der Waals surface area contributed by atoms with Crippen molar-refractivity contribution in [3.05, 3.63) is 58.6 Å². The lowest BCUT2D eigenvalue weighted by Gasteiger charge is -2.15. The van der Waals surface area contributed by atoms with E-state index in [4.69, 9.17) is 21.1 Å². The predicted octanol–water partition coefficient (Wildman–Crippen LogP) is 3.42. The molecule has 1 fully saturated rings. The molecule has 0 N–H and O–H groups in total. The minimum absolute atomic E-state index is 0.0359. The molecule has 2 aromatic carbocycles. The Morgan fingerprint density at radius 3 is 2.61 bits per heavy atom. The van der Waals surface area contributed by atoms with Crippen LogP contribution in [-0.4, -0.2) is 24.8 Å². The zero-order chi connectivity index (χ0) is 16.1. The van der Waals surface area contributed by atoms with Gasteiger partial charge in [0.15, 0.2) is 11.6 Å². The van der Waals surface area contributed by atoms with Crippen LogP contribution in [0.4, 0.5) is 0 Å². The topological polar surface area (TPSA) is 52.6 Å². The number of ketones is 2. The van der Waals surface area contributed by atoms with E-state index in [-0.39, 0.29) is 23.6 Å². The van der Waals surface area contributed by atoms with Crippen molar-refractivity contribution in [1.82, 2.24) is 0 Å². The van der Waals surface area contributed by atoms with Crippen LogP contribution in [0.3, 0.4) is 0 Å². The van der Waals surface area contributed by atoms with Crippen molar-refractivity contribution in [3.63, 3.8) is 0 Å². The third kappa shape index (κ3) is 2.21. The van der Waals surface area contributed by atoms with E-state index in [0.29, 0.717) is 27.6 Å². The summed E-state index contributed by atoms with van der Waals surface area (Å²) in [4.78, 5) is 25.2. The molecule has 0 spiro atoms. The summed E-state index contributed by atoms with van der Waals surface area (Å²) in [6.07, 6.45) is -0.384. The summed E-state index contributed by atoms with van der Waals surface area (Å²) in [5, 5.41) is 0.571. The van der Waals surface area contributed by atoms with Crippen LogP contribution >= 0.6 is 11.6 Å². The molecule has 23 heavy (non-hydrogen) atoms. The van der Waals surface area contributed by atoms with Crippen LogP contribution in [0, 0.1) is 11.8 Å². The summed E-state index contributed by atoms with van der Waals surface area (Å²) in [5.41, 5.74) is 1.06. The zero-order valence-corrected chi connectivity index (χ0v) is 13.0. The zero-order valence-electron chi connectivity index (χ0n) is 12.3. The molecular formula is C18H13ClO4. The second-order valence-corrected chi connectivity index (χ2v) is 6.17. The van der Waals surface area contributed by atoms with Gasteiger partial charge in [0.25, 0.3) is 0 Å². The first-order valence-corrected chi connectivity index (χ1v) is 7.66. The lowest BCUT2D eigenvalue weighted by atomic mass is 10.0. The number of hydrogen-bond donors (Lipinski definition) is 0. The molecule has 5 heteroatoms. The van der Waals surface area contributed by atoms with Gasteiger partial charge < -0.3 is 9.47 Å². The van der Waals surface area contributed by atoms with E-state index in [1.807, 2.05) is 0 Å². The van der Waals surface area contributed by atoms with Crippen molar-refractivity contribution in [2.45, 2.75) is 6.10 Å². The number of benzene rings is 2. The third-order valence-corrected chi connectivity index (χ3v) is 4.66. The summed E-state index contributed by atoms with van der Waals surface area (Å²) in [5.74, 6) is 0.176. The molecule has 0 bridgehead atoms. The molecule has 0 saturated heterocycles. The van der Waals surface area contributed by atoms with E-state index in [1.54, 1.807) is 49.6 Å². The van der Waals surface area contributed by atoms with Gasteiger partial charge in [-0.3, -0.25) is 9.59 Å². The number of halogens is 1. The normalized spacial score (nSPS) is 24.3. The van der Waals surface area contributed by atoms with E-state index in [0.717, 1.165) is 0 Å². The first kappa shape index (κ1) is 14.3. The molecular weight excluding hydrogens is 316 g/mol. The number of Topliss-reactive ketones (excluding diaryl/α,β-unsaturated/α-hetero) is 2. The lowest BCUT2D eigenvalue weighted by molar-refractivity contribution is 0.0900. The Balaban J connectivity index is 1.61. The number of ether oxygens (including phenoxy) is 2. The second kappa shape index (κ2) is 5.10. The molecule has 116 valence electrons. The van der Waals surface area contributed by atoms with E-state index in [1.165, 1.54) is 0 Å². The van der Waals surface area contributed by atoms with E-state index < -0.39 is 5.92 Å². The third-order valence-electron chi connectivity index (χ3n) is 4.41. The fourth-order valence-corrected chi connectivity index (χ4v) is 3.24. The van der Waals surface area contributed by atoms with Crippen LogP contribution in [0.1, 0.15) is 20.7 Å². The molecule has 0 aromatic heterocycles. The molecule has 1 aliphatic carbocycles. The van der Waals surface area contributed by atoms with Gasteiger partial charge in [-0.2, -0.15) is 0 Å². The van der Waals surface area contributed by atoms with E-state index in [2.05, 4.69) is 0 Å². The number of carbonyl (C=O) groups is 2. The molecule has 4 rings (SSSR count). The van der Waals surface area contributed by atoms with Crippen molar-refractivity contribution in [2.75, 3.05) is 7.11 Å². The van der Waals surface area contributed by atoms with Crippen molar-refractivity contribution in [1.29, 1.82) is 0 Å². The van der Waals surface area contributed by atoms with Gasteiger partial charge in [-0.25, -0.2) is 0 Å². The van der Waals surface area contributed by atoms with E-state index >= 15 is 0 Å². The summed E-state index contributed by atoms with van der Waals surface area (Å²) in [6.45, 7) is 0. The molecule has 0 radical (unpaired) electrons. The fourth-order valence-electron chi connectivity index (χ4n) is 3.12.